The molecule has 0 saturated heterocycles. The fraction of sp³-hybridized carbons (Fsp3) is 0. The number of aromatic nitrogens is 2. The van der Waals surface area contributed by atoms with E-state index in [1.807, 2.05) is 0 Å². The molecule has 3 N–H and O–H groups in total. The summed E-state index contributed by atoms with van der Waals surface area (Å²) in [5, 5.41) is 12.0. The molecule has 4 heteroatoms. The summed E-state index contributed by atoms with van der Waals surface area (Å²) < 4.78 is 0. The second kappa shape index (κ2) is 1.14. The molecule has 7 heavy (non-hydrogen) atoms. The number of hydrogen-bond donors (Lipinski definition) is 2. The van der Waals surface area contributed by atoms with Crippen LogP contribution in [0.3, 0.4) is 0 Å². The molecule has 0 aliphatic rings. The Labute approximate surface area is 40.1 Å². The number of rotatable bonds is 0. The van der Waals surface area contributed by atoms with Crippen LogP contribution in [0.15, 0.2) is 12.3 Å². The van der Waals surface area contributed by atoms with Gasteiger partial charge < -0.3 is 10.9 Å². The van der Waals surface area contributed by atoms with Crippen molar-refractivity contribution in [3.8, 4) is 5.88 Å². The SMILES string of the molecule is Nn1nccc1O. The van der Waals surface area contributed by atoms with Crippen molar-refractivity contribution in [2.45, 2.75) is 0 Å². The third-order valence-electron chi connectivity index (χ3n) is 0.649. The van der Waals surface area contributed by atoms with Crippen LogP contribution < -0.4 is 5.84 Å². The number of nitrogens with zero attached hydrogens (tertiary/aromatic N) is 2. The Bertz CT molecular complexity index is 142. The maximum Gasteiger partial charge on any atom is 0.229 e. The van der Waals surface area contributed by atoms with E-state index in [4.69, 9.17) is 10.9 Å². The predicted molar refractivity (Wildman–Crippen MR) is 24.0 cm³/mol. The molecule has 0 aromatic carbocycles. The van der Waals surface area contributed by atoms with Crippen molar-refractivity contribution >= 4 is 0 Å². The van der Waals surface area contributed by atoms with Crippen LogP contribution in [-0.2, 0) is 0 Å². The van der Waals surface area contributed by atoms with E-state index in [1.54, 1.807) is 0 Å². The Hall–Kier alpha value is -1.19. The van der Waals surface area contributed by atoms with Gasteiger partial charge >= 0.3 is 0 Å². The van der Waals surface area contributed by atoms with E-state index in [0.717, 1.165) is 4.79 Å². The van der Waals surface area contributed by atoms with Crippen molar-refractivity contribution in [3.63, 3.8) is 0 Å². The lowest BCUT2D eigenvalue weighted by Gasteiger charge is -1.86. The van der Waals surface area contributed by atoms with Crippen LogP contribution in [-0.4, -0.2) is 15.0 Å². The molecule has 0 aliphatic heterocycles. The second-order valence-corrected chi connectivity index (χ2v) is 1.13. The van der Waals surface area contributed by atoms with Gasteiger partial charge in [0, 0.05) is 6.07 Å². The molecule has 0 saturated carbocycles. The molecule has 0 aliphatic carbocycles. The molecule has 4 nitrogen and oxygen atoms in total. The van der Waals surface area contributed by atoms with E-state index in [1.165, 1.54) is 12.3 Å². The number of nitrogen functional groups attached to an aromatic ring is 1. The van der Waals surface area contributed by atoms with Gasteiger partial charge in [-0.3, -0.25) is 0 Å². The molecule has 0 atom stereocenters. The highest BCUT2D eigenvalue weighted by atomic mass is 16.3. The Kier molecular flexibility index (Phi) is 0.651. The first-order chi connectivity index (χ1) is 3.30. The quantitative estimate of drug-likeness (QED) is 0.423. The van der Waals surface area contributed by atoms with Crippen LogP contribution in [0.25, 0.3) is 0 Å². The number of nitrogens with two attached hydrogens (primary N) is 1. The third kappa shape index (κ3) is 0.489. The fourth-order valence-corrected chi connectivity index (χ4v) is 0.307. The van der Waals surface area contributed by atoms with Gasteiger partial charge in [-0.05, 0) is 0 Å². The van der Waals surface area contributed by atoms with Crippen LogP contribution in [0.2, 0.25) is 0 Å². The maximum absolute atomic E-state index is 8.53. The first-order valence-electron chi connectivity index (χ1n) is 1.79. The highest BCUT2D eigenvalue weighted by Crippen LogP contribution is 1.98. The summed E-state index contributed by atoms with van der Waals surface area (Å²) in [6.45, 7) is 0. The van der Waals surface area contributed by atoms with Crippen LogP contribution in [0, 0.1) is 0 Å². The van der Waals surface area contributed by atoms with Crippen molar-refractivity contribution in [3.05, 3.63) is 12.3 Å². The van der Waals surface area contributed by atoms with Crippen molar-refractivity contribution in [1.29, 1.82) is 0 Å². The zero-order valence-corrected chi connectivity index (χ0v) is 3.57. The molecule has 1 heterocycles. The molecular formula is C3H5N3O. The summed E-state index contributed by atoms with van der Waals surface area (Å²) in [6.07, 6.45) is 1.41. The van der Waals surface area contributed by atoms with Gasteiger partial charge in [0.2, 0.25) is 5.88 Å². The average Bonchev–Trinajstić information content (AvgIpc) is 1.91. The van der Waals surface area contributed by atoms with Crippen LogP contribution >= 0.6 is 0 Å². The van der Waals surface area contributed by atoms with Gasteiger partial charge in [-0.1, -0.05) is 0 Å². The van der Waals surface area contributed by atoms with Crippen molar-refractivity contribution < 1.29 is 5.11 Å². The smallest absolute Gasteiger partial charge is 0.229 e. The normalized spacial score (nSPS) is 9.14. The van der Waals surface area contributed by atoms with Gasteiger partial charge in [0.1, 0.15) is 0 Å². The number of aromatic hydroxyl groups is 1. The highest BCUT2D eigenvalue weighted by Gasteiger charge is 1.88. The van der Waals surface area contributed by atoms with Crippen LogP contribution in [0.4, 0.5) is 0 Å². The van der Waals surface area contributed by atoms with Gasteiger partial charge in [0.15, 0.2) is 0 Å². The van der Waals surface area contributed by atoms with Gasteiger partial charge in [-0.25, -0.2) is 0 Å². The third-order valence-corrected chi connectivity index (χ3v) is 0.649. The monoisotopic (exact) mass is 99.0 g/mol. The first kappa shape index (κ1) is 3.98. The van der Waals surface area contributed by atoms with Crippen LogP contribution in [0.1, 0.15) is 0 Å². The lowest BCUT2D eigenvalue weighted by Crippen LogP contribution is -2.07. The highest BCUT2D eigenvalue weighted by molar-refractivity contribution is 5.03. The summed E-state index contributed by atoms with van der Waals surface area (Å²) in [5.74, 6) is 4.97. The molecule has 1 rings (SSSR count). The number of hydrogen-bond acceptors (Lipinski definition) is 3. The summed E-state index contributed by atoms with van der Waals surface area (Å²) in [6, 6.07) is 1.40. The van der Waals surface area contributed by atoms with E-state index in [-0.39, 0.29) is 5.88 Å². The van der Waals surface area contributed by atoms with E-state index in [2.05, 4.69) is 5.10 Å². The molecule has 1 aromatic rings. The van der Waals surface area contributed by atoms with Gasteiger partial charge in [0.25, 0.3) is 0 Å². The largest absolute Gasteiger partial charge is 0.492 e. The van der Waals surface area contributed by atoms with Crippen LogP contribution in [0.5, 0.6) is 5.88 Å². The van der Waals surface area contributed by atoms with Gasteiger partial charge in [-0.2, -0.15) is 5.10 Å². The average molecular weight is 99.1 g/mol. The second-order valence-electron chi connectivity index (χ2n) is 1.13. The zero-order valence-electron chi connectivity index (χ0n) is 3.57. The molecule has 0 amide bonds. The lowest BCUT2D eigenvalue weighted by molar-refractivity contribution is 0.427. The molecule has 0 bridgehead atoms. The molecule has 0 unspecified atom stereocenters. The van der Waals surface area contributed by atoms with Crippen molar-refractivity contribution in [2.24, 2.45) is 0 Å². The summed E-state index contributed by atoms with van der Waals surface area (Å²) >= 11 is 0. The topological polar surface area (TPSA) is 64.1 Å². The van der Waals surface area contributed by atoms with E-state index in [0.29, 0.717) is 0 Å². The minimum Gasteiger partial charge on any atom is -0.492 e. The summed E-state index contributed by atoms with van der Waals surface area (Å²) in [7, 11) is 0. The molecule has 38 valence electrons. The molecule has 0 radical (unpaired) electrons. The minimum absolute atomic E-state index is 0.0278. The van der Waals surface area contributed by atoms with Crippen molar-refractivity contribution in [1.82, 2.24) is 9.89 Å². The molecule has 0 fully saturated rings. The minimum atomic E-state index is -0.0278. The van der Waals surface area contributed by atoms with E-state index < -0.39 is 0 Å². The molecule has 0 spiro atoms. The Morgan fingerprint density at radius 3 is 2.71 bits per heavy atom. The maximum atomic E-state index is 8.53. The molecular weight excluding hydrogens is 94.1 g/mol. The summed E-state index contributed by atoms with van der Waals surface area (Å²) in [5.41, 5.74) is 0. The van der Waals surface area contributed by atoms with E-state index in [9.17, 15) is 0 Å². The standard InChI is InChI=1S/C3H5N3O/c4-6-3(7)1-2-5-6/h1-2,7H,4H2. The first-order valence-corrected chi connectivity index (χ1v) is 1.79. The van der Waals surface area contributed by atoms with E-state index >= 15 is 0 Å². The van der Waals surface area contributed by atoms with Gasteiger partial charge in [0.05, 0.1) is 6.20 Å². The molecule has 1 aromatic heterocycles. The Morgan fingerprint density at radius 2 is 2.57 bits per heavy atom. The Morgan fingerprint density at radius 1 is 1.86 bits per heavy atom. The summed E-state index contributed by atoms with van der Waals surface area (Å²) in [4.78, 5) is 0.889. The lowest BCUT2D eigenvalue weighted by atomic mass is 10.7. The fourth-order valence-electron chi connectivity index (χ4n) is 0.307. The predicted octanol–water partition coefficient (Wildman–Crippen LogP) is -0.698. The Balaban J connectivity index is 3.12. The van der Waals surface area contributed by atoms with Gasteiger partial charge in [-0.15, -0.1) is 4.79 Å². The van der Waals surface area contributed by atoms with Crippen molar-refractivity contribution in [2.75, 3.05) is 5.84 Å². The zero-order chi connectivity index (χ0) is 5.28.